The molecule has 5 heteroatoms. The number of carbonyl (C=O) groups excluding carboxylic acids is 1. The fourth-order valence-corrected chi connectivity index (χ4v) is 2.74. The van der Waals surface area contributed by atoms with Gasteiger partial charge in [-0.2, -0.15) is 0 Å². The molecular formula is C16H20Br2O3. The van der Waals surface area contributed by atoms with Crippen molar-refractivity contribution in [3.05, 3.63) is 39.3 Å². The molecule has 0 saturated heterocycles. The number of carbonyl (C=O) groups is 1. The van der Waals surface area contributed by atoms with Gasteiger partial charge in [0.05, 0.1) is 23.2 Å². The summed E-state index contributed by atoms with van der Waals surface area (Å²) in [5, 5.41) is 0. The van der Waals surface area contributed by atoms with E-state index in [1.54, 1.807) is 14.0 Å². The molecule has 0 unspecified atom stereocenters. The van der Waals surface area contributed by atoms with Crippen LogP contribution in [0.5, 0.6) is 5.75 Å². The summed E-state index contributed by atoms with van der Waals surface area (Å²) >= 11 is 6.69. The van der Waals surface area contributed by atoms with E-state index in [0.717, 1.165) is 14.7 Å². The number of ether oxygens (including phenoxy) is 2. The summed E-state index contributed by atoms with van der Waals surface area (Å²) in [4.78, 5) is 11.4. The number of hydrogen-bond donors (Lipinski definition) is 0. The molecule has 1 rings (SSSR count). The van der Waals surface area contributed by atoms with Gasteiger partial charge in [-0.15, -0.1) is 0 Å². The Bertz CT molecular complexity index is 479. The average Bonchev–Trinajstić information content (AvgIpc) is 2.42. The number of methoxy groups -OCH3 is 1. The first-order valence-corrected chi connectivity index (χ1v) is 8.27. The highest BCUT2D eigenvalue weighted by atomic mass is 79.9. The number of ketones is 1. The van der Waals surface area contributed by atoms with Gasteiger partial charge >= 0.3 is 0 Å². The van der Waals surface area contributed by atoms with Crippen LogP contribution in [0.15, 0.2) is 33.7 Å². The van der Waals surface area contributed by atoms with Gasteiger partial charge in [0, 0.05) is 12.3 Å². The van der Waals surface area contributed by atoms with E-state index >= 15 is 0 Å². The Labute approximate surface area is 143 Å². The maximum absolute atomic E-state index is 11.4. The molecule has 21 heavy (non-hydrogen) atoms. The van der Waals surface area contributed by atoms with E-state index < -0.39 is 0 Å². The summed E-state index contributed by atoms with van der Waals surface area (Å²) in [5.41, 5.74) is 1.05. The average molecular weight is 420 g/mol. The van der Waals surface area contributed by atoms with E-state index in [1.165, 1.54) is 0 Å². The van der Waals surface area contributed by atoms with E-state index in [0.29, 0.717) is 13.0 Å². The summed E-state index contributed by atoms with van der Waals surface area (Å²) in [7, 11) is 1.64. The van der Waals surface area contributed by atoms with Crippen LogP contribution < -0.4 is 4.74 Å². The van der Waals surface area contributed by atoms with Crippen molar-refractivity contribution in [3.63, 3.8) is 0 Å². The van der Waals surface area contributed by atoms with Gasteiger partial charge in [0.2, 0.25) is 0 Å². The number of Topliss-reactive ketones (excluding diaryl/α,β-unsaturated/α-hetero) is 1. The Balaban J connectivity index is 2.67. The van der Waals surface area contributed by atoms with Crippen LogP contribution in [0, 0.1) is 5.92 Å². The Morgan fingerprint density at radius 1 is 1.29 bits per heavy atom. The molecule has 0 N–H and O–H groups in total. The van der Waals surface area contributed by atoms with Gasteiger partial charge in [-0.1, -0.05) is 25.1 Å². The number of benzene rings is 1. The highest BCUT2D eigenvalue weighted by Crippen LogP contribution is 2.22. The normalized spacial score (nSPS) is 13.4. The third-order valence-corrected chi connectivity index (χ3v) is 3.62. The zero-order chi connectivity index (χ0) is 15.8. The minimum Gasteiger partial charge on any atom is -0.497 e. The molecule has 0 saturated carbocycles. The van der Waals surface area contributed by atoms with Gasteiger partial charge in [0.1, 0.15) is 11.5 Å². The van der Waals surface area contributed by atoms with Gasteiger partial charge in [-0.3, -0.25) is 4.79 Å². The monoisotopic (exact) mass is 418 g/mol. The Morgan fingerprint density at radius 2 is 1.90 bits per heavy atom. The van der Waals surface area contributed by atoms with Crippen molar-refractivity contribution in [1.29, 1.82) is 0 Å². The van der Waals surface area contributed by atoms with Gasteiger partial charge < -0.3 is 9.47 Å². The maximum atomic E-state index is 11.4. The minimum atomic E-state index is -0.144. The van der Waals surface area contributed by atoms with Crippen LogP contribution >= 0.6 is 31.9 Å². The van der Waals surface area contributed by atoms with Crippen molar-refractivity contribution < 1.29 is 14.3 Å². The summed E-state index contributed by atoms with van der Waals surface area (Å²) < 4.78 is 11.9. The largest absolute Gasteiger partial charge is 0.497 e. The van der Waals surface area contributed by atoms with E-state index in [2.05, 4.69) is 31.9 Å². The van der Waals surface area contributed by atoms with Gasteiger partial charge in [0.15, 0.2) is 0 Å². The quantitative estimate of drug-likeness (QED) is 0.605. The van der Waals surface area contributed by atoms with Crippen molar-refractivity contribution in [1.82, 2.24) is 0 Å². The van der Waals surface area contributed by atoms with Crippen LogP contribution in [0.1, 0.15) is 25.8 Å². The molecule has 0 amide bonds. The topological polar surface area (TPSA) is 35.5 Å². The highest BCUT2D eigenvalue weighted by molar-refractivity contribution is 9.28. The summed E-state index contributed by atoms with van der Waals surface area (Å²) in [6.07, 6.45) is 2.25. The maximum Gasteiger partial charge on any atom is 0.132 e. The molecule has 0 aliphatic rings. The first-order chi connectivity index (χ1) is 9.92. The zero-order valence-corrected chi connectivity index (χ0v) is 15.6. The fraction of sp³-hybridized carbons (Fsp3) is 0.438. The van der Waals surface area contributed by atoms with Crippen LogP contribution in [-0.4, -0.2) is 19.0 Å². The lowest BCUT2D eigenvalue weighted by Crippen LogP contribution is -2.23. The van der Waals surface area contributed by atoms with Crippen molar-refractivity contribution in [2.45, 2.75) is 33.0 Å². The molecule has 0 radical (unpaired) electrons. The molecule has 0 aliphatic heterocycles. The van der Waals surface area contributed by atoms with Crippen LogP contribution in [0.4, 0.5) is 0 Å². The highest BCUT2D eigenvalue weighted by Gasteiger charge is 2.18. The Hall–Kier alpha value is -0.650. The lowest BCUT2D eigenvalue weighted by atomic mass is 10.00. The van der Waals surface area contributed by atoms with Crippen LogP contribution in [0.25, 0.3) is 0 Å². The second kappa shape index (κ2) is 9.38. The minimum absolute atomic E-state index is 0.126. The predicted molar refractivity (Wildman–Crippen MR) is 92.0 cm³/mol. The van der Waals surface area contributed by atoms with Crippen molar-refractivity contribution in [3.8, 4) is 5.75 Å². The molecule has 0 fully saturated rings. The number of rotatable bonds is 8. The lowest BCUT2D eigenvalue weighted by Gasteiger charge is -2.21. The van der Waals surface area contributed by atoms with Crippen molar-refractivity contribution in [2.75, 3.05) is 7.11 Å². The summed E-state index contributed by atoms with van der Waals surface area (Å²) in [6.45, 7) is 4.09. The molecule has 0 heterocycles. The van der Waals surface area contributed by atoms with Crippen LogP contribution in [0.3, 0.4) is 0 Å². The second-order valence-corrected chi connectivity index (χ2v) is 7.69. The van der Waals surface area contributed by atoms with E-state index in [4.69, 9.17) is 9.47 Å². The van der Waals surface area contributed by atoms with Gasteiger partial charge in [-0.05, 0) is 56.5 Å². The number of hydrogen-bond acceptors (Lipinski definition) is 3. The third kappa shape index (κ3) is 7.25. The molecule has 1 aromatic rings. The Kier molecular flexibility index (Phi) is 8.22. The van der Waals surface area contributed by atoms with Crippen LogP contribution in [0.2, 0.25) is 0 Å². The first kappa shape index (κ1) is 18.4. The Morgan fingerprint density at radius 3 is 2.38 bits per heavy atom. The van der Waals surface area contributed by atoms with Crippen LogP contribution in [-0.2, 0) is 16.1 Å². The molecular weight excluding hydrogens is 400 g/mol. The molecule has 2 atom stereocenters. The standard InChI is InChI=1S/C16H20Br2O3/c1-11(8-16(17)18)15(9-12(2)19)21-10-13-4-6-14(20-3)7-5-13/h4-8,11,15H,9-10H2,1-3H3/t11-,15+/m0/s1. The van der Waals surface area contributed by atoms with Gasteiger partial charge in [-0.25, -0.2) is 0 Å². The fourth-order valence-electron chi connectivity index (χ4n) is 1.91. The van der Waals surface area contributed by atoms with Crippen molar-refractivity contribution in [2.24, 2.45) is 5.92 Å². The number of halogens is 2. The van der Waals surface area contributed by atoms with Crippen molar-refractivity contribution >= 4 is 37.6 Å². The lowest BCUT2D eigenvalue weighted by molar-refractivity contribution is -0.120. The SMILES string of the molecule is COc1ccc(CO[C@H](CC(C)=O)[C@@H](C)C=C(Br)Br)cc1. The second-order valence-electron chi connectivity index (χ2n) is 4.92. The van der Waals surface area contributed by atoms with E-state index in [1.807, 2.05) is 37.3 Å². The molecule has 0 spiro atoms. The molecule has 3 nitrogen and oxygen atoms in total. The summed E-state index contributed by atoms with van der Waals surface area (Å²) in [6, 6.07) is 7.73. The molecule has 1 aromatic carbocycles. The molecule has 0 aromatic heterocycles. The summed E-state index contributed by atoms with van der Waals surface area (Å²) in [5.74, 6) is 1.07. The predicted octanol–water partition coefficient (Wildman–Crippen LogP) is 4.83. The zero-order valence-electron chi connectivity index (χ0n) is 12.4. The molecule has 0 bridgehead atoms. The van der Waals surface area contributed by atoms with E-state index in [9.17, 15) is 4.79 Å². The first-order valence-electron chi connectivity index (χ1n) is 6.69. The van der Waals surface area contributed by atoms with Gasteiger partial charge in [0.25, 0.3) is 0 Å². The molecule has 0 aliphatic carbocycles. The third-order valence-electron chi connectivity index (χ3n) is 3.09. The van der Waals surface area contributed by atoms with E-state index in [-0.39, 0.29) is 17.8 Å². The molecule has 116 valence electrons. The smallest absolute Gasteiger partial charge is 0.132 e.